The third-order valence-corrected chi connectivity index (χ3v) is 2.07. The largest absolute Gasteiger partial charge is 0.496 e. The van der Waals surface area contributed by atoms with E-state index in [0.29, 0.717) is 11.3 Å². The molecule has 3 nitrogen and oxygen atoms in total. The summed E-state index contributed by atoms with van der Waals surface area (Å²) in [5.41, 5.74) is 1.14. The Bertz CT molecular complexity index is 429. The number of carbonyl (C=O) groups is 1. The molecule has 0 aromatic heterocycles. The minimum atomic E-state index is -0.427. The smallest absolute Gasteiger partial charge is 0.341 e. The minimum absolute atomic E-state index is 0.386. The second-order valence-corrected chi connectivity index (χ2v) is 3.17. The van der Waals surface area contributed by atoms with Gasteiger partial charge in [0.1, 0.15) is 11.3 Å². The average molecular weight is 316 g/mol. The molecule has 0 bridgehead atoms. The molecular formula is C11H9IO3. The van der Waals surface area contributed by atoms with E-state index in [-0.39, 0.29) is 0 Å². The summed E-state index contributed by atoms with van der Waals surface area (Å²) < 4.78 is 12.4. The van der Waals surface area contributed by atoms with E-state index < -0.39 is 5.97 Å². The predicted molar refractivity (Wildman–Crippen MR) is 65.2 cm³/mol. The number of esters is 1. The highest BCUT2D eigenvalue weighted by Gasteiger charge is 2.12. The van der Waals surface area contributed by atoms with Crippen molar-refractivity contribution in [3.05, 3.63) is 29.3 Å². The van der Waals surface area contributed by atoms with Crippen molar-refractivity contribution in [2.75, 3.05) is 14.2 Å². The first-order valence-corrected chi connectivity index (χ1v) is 5.18. The van der Waals surface area contributed by atoms with Crippen LogP contribution in [0.4, 0.5) is 0 Å². The number of hydrogen-bond donors (Lipinski definition) is 0. The molecule has 0 atom stereocenters. The van der Waals surface area contributed by atoms with E-state index in [1.807, 2.05) is 22.6 Å². The van der Waals surface area contributed by atoms with Crippen molar-refractivity contribution >= 4 is 28.6 Å². The monoisotopic (exact) mass is 316 g/mol. The van der Waals surface area contributed by atoms with Gasteiger partial charge >= 0.3 is 5.97 Å². The molecule has 1 aromatic rings. The summed E-state index contributed by atoms with van der Waals surface area (Å²) in [5, 5.41) is 0. The molecule has 0 saturated heterocycles. The molecule has 4 heteroatoms. The van der Waals surface area contributed by atoms with Gasteiger partial charge in [-0.05, 0) is 22.1 Å². The van der Waals surface area contributed by atoms with Crippen LogP contribution in [0.3, 0.4) is 0 Å². The number of benzene rings is 1. The molecular weight excluding hydrogens is 307 g/mol. The topological polar surface area (TPSA) is 35.5 Å². The van der Waals surface area contributed by atoms with Crippen LogP contribution in [0, 0.1) is 9.85 Å². The van der Waals surface area contributed by atoms with Gasteiger partial charge in [0.05, 0.1) is 14.2 Å². The molecule has 0 unspecified atom stereocenters. The van der Waals surface area contributed by atoms with Crippen molar-refractivity contribution < 1.29 is 14.3 Å². The van der Waals surface area contributed by atoms with Crippen molar-refractivity contribution in [2.45, 2.75) is 0 Å². The molecule has 0 radical (unpaired) electrons. The fraction of sp³-hybridized carbons (Fsp3) is 0.182. The van der Waals surface area contributed by atoms with E-state index in [4.69, 9.17) is 4.74 Å². The zero-order chi connectivity index (χ0) is 11.3. The molecule has 0 heterocycles. The highest BCUT2D eigenvalue weighted by atomic mass is 127. The lowest BCUT2D eigenvalue weighted by Crippen LogP contribution is -2.04. The number of carbonyl (C=O) groups excluding carboxylic acids is 1. The van der Waals surface area contributed by atoms with E-state index in [2.05, 4.69) is 14.6 Å². The van der Waals surface area contributed by atoms with Crippen molar-refractivity contribution in [2.24, 2.45) is 0 Å². The highest BCUT2D eigenvalue weighted by Crippen LogP contribution is 2.20. The van der Waals surface area contributed by atoms with Gasteiger partial charge in [0.25, 0.3) is 0 Å². The maximum absolute atomic E-state index is 11.4. The van der Waals surface area contributed by atoms with Gasteiger partial charge in [0.2, 0.25) is 0 Å². The van der Waals surface area contributed by atoms with Gasteiger partial charge in [-0.2, -0.15) is 0 Å². The van der Waals surface area contributed by atoms with Crippen LogP contribution in [0.2, 0.25) is 0 Å². The van der Waals surface area contributed by atoms with Crippen LogP contribution in [-0.2, 0) is 4.74 Å². The van der Waals surface area contributed by atoms with Crippen molar-refractivity contribution in [3.63, 3.8) is 0 Å². The summed E-state index contributed by atoms with van der Waals surface area (Å²) in [6.07, 6.45) is 0. The quantitative estimate of drug-likeness (QED) is 0.477. The third kappa shape index (κ3) is 2.86. The Labute approximate surface area is 102 Å². The van der Waals surface area contributed by atoms with Gasteiger partial charge in [0, 0.05) is 28.2 Å². The zero-order valence-corrected chi connectivity index (χ0v) is 10.5. The van der Waals surface area contributed by atoms with Crippen LogP contribution in [0.1, 0.15) is 15.9 Å². The van der Waals surface area contributed by atoms with Gasteiger partial charge in [0.15, 0.2) is 0 Å². The van der Waals surface area contributed by atoms with Crippen molar-refractivity contribution in [1.82, 2.24) is 0 Å². The van der Waals surface area contributed by atoms with E-state index in [9.17, 15) is 4.79 Å². The van der Waals surface area contributed by atoms with Gasteiger partial charge in [-0.3, -0.25) is 0 Å². The highest BCUT2D eigenvalue weighted by molar-refractivity contribution is 14.1. The Morgan fingerprint density at radius 2 is 2.13 bits per heavy atom. The second kappa shape index (κ2) is 5.61. The summed E-state index contributed by atoms with van der Waals surface area (Å²) in [5.74, 6) is 2.91. The number of methoxy groups -OCH3 is 2. The summed E-state index contributed by atoms with van der Waals surface area (Å²) in [7, 11) is 2.84. The van der Waals surface area contributed by atoms with E-state index in [1.165, 1.54) is 14.2 Å². The maximum Gasteiger partial charge on any atom is 0.341 e. The molecule has 0 N–H and O–H groups in total. The second-order valence-electron chi connectivity index (χ2n) is 2.63. The van der Waals surface area contributed by atoms with E-state index in [0.717, 1.165) is 5.56 Å². The molecule has 78 valence electrons. The fourth-order valence-electron chi connectivity index (χ4n) is 1.11. The number of halogens is 1. The van der Waals surface area contributed by atoms with Gasteiger partial charge in [-0.25, -0.2) is 4.79 Å². The molecule has 0 aliphatic heterocycles. The summed E-state index contributed by atoms with van der Waals surface area (Å²) in [6.45, 7) is 0. The first-order chi connectivity index (χ1) is 7.22. The molecule has 0 aliphatic carbocycles. The van der Waals surface area contributed by atoms with Crippen molar-refractivity contribution in [3.8, 4) is 15.6 Å². The Morgan fingerprint density at radius 1 is 1.40 bits per heavy atom. The molecule has 0 amide bonds. The van der Waals surface area contributed by atoms with Crippen LogP contribution in [0.5, 0.6) is 5.75 Å². The van der Waals surface area contributed by atoms with Crippen LogP contribution >= 0.6 is 22.6 Å². The standard InChI is InChI=1S/C11H9IO3/c1-14-10-4-3-8(5-6-12)7-9(10)11(13)15-2/h3-4,7H,1-2H3. The van der Waals surface area contributed by atoms with Gasteiger partial charge in [-0.1, -0.05) is 5.92 Å². The van der Waals surface area contributed by atoms with Gasteiger partial charge in [-0.15, -0.1) is 0 Å². The molecule has 1 aromatic carbocycles. The number of rotatable bonds is 2. The molecule has 0 saturated carbocycles. The number of hydrogen-bond acceptors (Lipinski definition) is 3. The summed E-state index contributed by atoms with van der Waals surface area (Å²) in [4.78, 5) is 11.4. The Morgan fingerprint density at radius 3 is 2.67 bits per heavy atom. The lowest BCUT2D eigenvalue weighted by Gasteiger charge is -2.06. The zero-order valence-electron chi connectivity index (χ0n) is 8.33. The SMILES string of the molecule is COC(=O)c1cc(C#CI)ccc1OC. The lowest BCUT2D eigenvalue weighted by atomic mass is 10.1. The van der Waals surface area contributed by atoms with Gasteiger partial charge < -0.3 is 9.47 Å². The first kappa shape index (κ1) is 11.9. The maximum atomic E-state index is 11.4. The Balaban J connectivity index is 3.22. The third-order valence-electron chi connectivity index (χ3n) is 1.80. The molecule has 15 heavy (non-hydrogen) atoms. The average Bonchev–Trinajstić information content (AvgIpc) is 2.28. The summed E-state index contributed by atoms with van der Waals surface area (Å²) >= 11 is 1.94. The van der Waals surface area contributed by atoms with E-state index in [1.54, 1.807) is 18.2 Å². The number of ether oxygens (including phenoxy) is 2. The predicted octanol–water partition coefficient (Wildman–Crippen LogP) is 2.23. The van der Waals surface area contributed by atoms with Crippen LogP contribution in [-0.4, -0.2) is 20.2 Å². The van der Waals surface area contributed by atoms with E-state index >= 15 is 0 Å². The van der Waals surface area contributed by atoms with Crippen molar-refractivity contribution in [1.29, 1.82) is 0 Å². The normalized spacial score (nSPS) is 8.73. The molecule has 0 aliphatic rings. The van der Waals surface area contributed by atoms with Crippen LogP contribution < -0.4 is 4.74 Å². The van der Waals surface area contributed by atoms with Crippen LogP contribution in [0.15, 0.2) is 18.2 Å². The fourth-order valence-corrected chi connectivity index (χ4v) is 1.42. The Kier molecular flexibility index (Phi) is 4.43. The first-order valence-electron chi connectivity index (χ1n) is 4.11. The summed E-state index contributed by atoms with van der Waals surface area (Å²) in [6, 6.07) is 5.13. The molecule has 0 fully saturated rings. The molecule has 0 spiro atoms. The lowest BCUT2D eigenvalue weighted by molar-refractivity contribution is 0.0597. The Hall–Kier alpha value is -1.22. The van der Waals surface area contributed by atoms with Crippen LogP contribution in [0.25, 0.3) is 0 Å². The minimum Gasteiger partial charge on any atom is -0.496 e. The molecule has 1 rings (SSSR count).